The largest absolute Gasteiger partial charge is 0.480 e. The van der Waals surface area contributed by atoms with E-state index in [-0.39, 0.29) is 0 Å². The van der Waals surface area contributed by atoms with Crippen LogP contribution in [0.5, 0.6) is 0 Å². The van der Waals surface area contributed by atoms with Crippen molar-refractivity contribution < 1.29 is 29.3 Å². The smallest absolute Gasteiger partial charge is 0.411 e. The fourth-order valence-corrected chi connectivity index (χ4v) is 3.74. The van der Waals surface area contributed by atoms with Gasteiger partial charge in [-0.25, -0.2) is 9.59 Å². The van der Waals surface area contributed by atoms with E-state index < -0.39 is 47.3 Å². The highest BCUT2D eigenvalue weighted by Crippen LogP contribution is 2.46. The second-order valence-electron chi connectivity index (χ2n) is 7.57. The van der Waals surface area contributed by atoms with Gasteiger partial charge in [0, 0.05) is 6.54 Å². The van der Waals surface area contributed by atoms with Gasteiger partial charge in [0.1, 0.15) is 11.1 Å². The fourth-order valence-electron chi connectivity index (χ4n) is 3.74. The molecule has 4 atom stereocenters. The van der Waals surface area contributed by atoms with Crippen LogP contribution in [-0.2, 0) is 14.3 Å². The molecule has 24 heavy (non-hydrogen) atoms. The summed E-state index contributed by atoms with van der Waals surface area (Å²) in [5.41, 5.74) is -1.75. The van der Waals surface area contributed by atoms with E-state index in [1.54, 1.807) is 27.7 Å². The summed E-state index contributed by atoms with van der Waals surface area (Å²) < 4.78 is 5.39. The van der Waals surface area contributed by atoms with Crippen LogP contribution in [0.15, 0.2) is 0 Å². The van der Waals surface area contributed by atoms with Gasteiger partial charge >= 0.3 is 12.1 Å². The predicted octanol–water partition coefficient (Wildman–Crippen LogP) is 0.821. The van der Waals surface area contributed by atoms with Crippen molar-refractivity contribution in [1.82, 2.24) is 9.80 Å². The summed E-state index contributed by atoms with van der Waals surface area (Å²) in [5.74, 6) is -1.70. The molecule has 2 fully saturated rings. The van der Waals surface area contributed by atoms with Gasteiger partial charge in [-0.2, -0.15) is 0 Å². The van der Waals surface area contributed by atoms with Crippen molar-refractivity contribution in [2.75, 3.05) is 6.54 Å². The number of rotatable bonds is 3. The third kappa shape index (κ3) is 2.72. The average Bonchev–Trinajstić information content (AvgIpc) is 2.88. The third-order valence-electron chi connectivity index (χ3n) is 4.76. The van der Waals surface area contributed by atoms with Gasteiger partial charge in [0.05, 0.1) is 12.1 Å². The fraction of sp³-hybridized carbons (Fsp3) is 0.812. The molecule has 0 saturated carbocycles. The lowest BCUT2D eigenvalue weighted by molar-refractivity contribution is -0.187. The number of hydrogen-bond donors (Lipinski definition) is 2. The Balaban J connectivity index is 2.26. The Kier molecular flexibility index (Phi) is 4.56. The number of carboxylic acid groups (broad SMARTS) is 1. The number of nitrogens with zero attached hydrogens (tertiary/aromatic N) is 2. The number of β-lactam (4-membered cyclic amide) rings is 1. The standard InChI is InChI=1S/C16H26N2O6/c1-9(19)11(12(20)21)18-10(2)16(13(18)22)7-6-8-17(16)14(23)24-15(3,4)5/h9-11,19H,6-8H2,1-5H3,(H,20,21). The zero-order valence-corrected chi connectivity index (χ0v) is 14.8. The summed E-state index contributed by atoms with van der Waals surface area (Å²) in [7, 11) is 0. The lowest BCUT2D eigenvalue weighted by atomic mass is 9.75. The Bertz CT molecular complexity index is 555. The van der Waals surface area contributed by atoms with Gasteiger partial charge in [-0.3, -0.25) is 9.69 Å². The predicted molar refractivity (Wildman–Crippen MR) is 84.3 cm³/mol. The van der Waals surface area contributed by atoms with Crippen molar-refractivity contribution in [2.45, 2.75) is 76.8 Å². The third-order valence-corrected chi connectivity index (χ3v) is 4.76. The van der Waals surface area contributed by atoms with Crippen molar-refractivity contribution in [3.05, 3.63) is 0 Å². The number of carboxylic acids is 1. The number of aliphatic hydroxyl groups excluding tert-OH is 1. The minimum atomic E-state index is -1.32. The zero-order valence-electron chi connectivity index (χ0n) is 14.8. The number of likely N-dealkylation sites (tertiary alicyclic amines) is 2. The zero-order chi connectivity index (χ0) is 18.4. The SMILES string of the molecule is CC(O)C(C(=O)O)N1C(=O)C2(CCCN2C(=O)OC(C)(C)C)C1C. The molecule has 2 N–H and O–H groups in total. The maximum Gasteiger partial charge on any atom is 0.411 e. The molecule has 2 saturated heterocycles. The summed E-state index contributed by atoms with van der Waals surface area (Å²) in [6, 6.07) is -1.82. The number of aliphatic carboxylic acids is 1. The molecule has 4 unspecified atom stereocenters. The van der Waals surface area contributed by atoms with Crippen LogP contribution in [0.2, 0.25) is 0 Å². The van der Waals surface area contributed by atoms with E-state index in [9.17, 15) is 24.6 Å². The van der Waals surface area contributed by atoms with E-state index in [4.69, 9.17) is 4.74 Å². The van der Waals surface area contributed by atoms with Crippen molar-refractivity contribution in [3.8, 4) is 0 Å². The molecular formula is C16H26N2O6. The lowest BCUT2D eigenvalue weighted by Gasteiger charge is -2.58. The van der Waals surface area contributed by atoms with Gasteiger partial charge in [0.2, 0.25) is 0 Å². The van der Waals surface area contributed by atoms with Gasteiger partial charge in [-0.05, 0) is 47.5 Å². The molecular weight excluding hydrogens is 316 g/mol. The summed E-state index contributed by atoms with van der Waals surface area (Å²) >= 11 is 0. The van der Waals surface area contributed by atoms with E-state index >= 15 is 0 Å². The summed E-state index contributed by atoms with van der Waals surface area (Å²) in [6.07, 6.45) is -0.656. The second kappa shape index (κ2) is 5.91. The van der Waals surface area contributed by atoms with Crippen molar-refractivity contribution >= 4 is 18.0 Å². The molecule has 2 heterocycles. The Hall–Kier alpha value is -1.83. The number of ether oxygens (including phenoxy) is 1. The summed E-state index contributed by atoms with van der Waals surface area (Å²) in [5, 5.41) is 19.0. The van der Waals surface area contributed by atoms with Gasteiger partial charge in [0.25, 0.3) is 5.91 Å². The Morgan fingerprint density at radius 3 is 2.38 bits per heavy atom. The molecule has 2 aliphatic rings. The first-order valence-electron chi connectivity index (χ1n) is 8.17. The number of amides is 2. The quantitative estimate of drug-likeness (QED) is 0.735. The van der Waals surface area contributed by atoms with Crippen LogP contribution in [-0.4, -0.2) is 73.9 Å². The molecule has 0 bridgehead atoms. The summed E-state index contributed by atoms with van der Waals surface area (Å²) in [6.45, 7) is 8.69. The van der Waals surface area contributed by atoms with Crippen LogP contribution in [0.25, 0.3) is 0 Å². The van der Waals surface area contributed by atoms with Gasteiger partial charge in [-0.1, -0.05) is 0 Å². The van der Waals surface area contributed by atoms with E-state index in [0.717, 1.165) is 4.90 Å². The first kappa shape index (κ1) is 18.5. The molecule has 0 aromatic rings. The highest BCUT2D eigenvalue weighted by Gasteiger charge is 2.67. The van der Waals surface area contributed by atoms with Crippen molar-refractivity contribution in [2.24, 2.45) is 0 Å². The molecule has 0 aliphatic carbocycles. The molecule has 2 amide bonds. The van der Waals surface area contributed by atoms with E-state index in [1.165, 1.54) is 11.8 Å². The molecule has 1 spiro atoms. The Morgan fingerprint density at radius 2 is 1.96 bits per heavy atom. The van der Waals surface area contributed by atoms with Crippen LogP contribution < -0.4 is 0 Å². The molecule has 8 nitrogen and oxygen atoms in total. The number of carbonyl (C=O) groups is 3. The molecule has 0 aromatic carbocycles. The van der Waals surface area contributed by atoms with Crippen molar-refractivity contribution in [3.63, 3.8) is 0 Å². The highest BCUT2D eigenvalue weighted by atomic mass is 16.6. The number of aliphatic hydroxyl groups is 1. The topological polar surface area (TPSA) is 107 Å². The first-order chi connectivity index (χ1) is 10.9. The lowest BCUT2D eigenvalue weighted by Crippen LogP contribution is -2.81. The summed E-state index contributed by atoms with van der Waals surface area (Å²) in [4.78, 5) is 39.3. The minimum Gasteiger partial charge on any atom is -0.480 e. The molecule has 0 radical (unpaired) electrons. The number of carbonyl (C=O) groups excluding carboxylic acids is 2. The minimum absolute atomic E-state index is 0.394. The van der Waals surface area contributed by atoms with E-state index in [2.05, 4.69) is 0 Å². The van der Waals surface area contributed by atoms with Crippen molar-refractivity contribution in [1.29, 1.82) is 0 Å². The maximum atomic E-state index is 12.8. The number of hydrogen-bond acceptors (Lipinski definition) is 5. The van der Waals surface area contributed by atoms with Gasteiger partial charge < -0.3 is 19.8 Å². The van der Waals surface area contributed by atoms with Gasteiger partial charge in [-0.15, -0.1) is 0 Å². The van der Waals surface area contributed by atoms with E-state index in [1.807, 2.05) is 0 Å². The van der Waals surface area contributed by atoms with Gasteiger partial charge in [0.15, 0.2) is 6.04 Å². The highest BCUT2D eigenvalue weighted by molar-refractivity contribution is 6.00. The maximum absolute atomic E-state index is 12.8. The van der Waals surface area contributed by atoms with Crippen LogP contribution >= 0.6 is 0 Å². The second-order valence-corrected chi connectivity index (χ2v) is 7.57. The Labute approximate surface area is 141 Å². The molecule has 2 rings (SSSR count). The molecule has 2 aliphatic heterocycles. The van der Waals surface area contributed by atoms with Crippen LogP contribution in [0.4, 0.5) is 4.79 Å². The molecule has 0 aromatic heterocycles. The average molecular weight is 342 g/mol. The Morgan fingerprint density at radius 1 is 1.38 bits per heavy atom. The molecule has 136 valence electrons. The van der Waals surface area contributed by atoms with Crippen LogP contribution in [0, 0.1) is 0 Å². The first-order valence-corrected chi connectivity index (χ1v) is 8.17. The monoisotopic (exact) mass is 342 g/mol. The normalized spacial score (nSPS) is 29.4. The van der Waals surface area contributed by atoms with Crippen LogP contribution in [0.3, 0.4) is 0 Å². The van der Waals surface area contributed by atoms with E-state index in [0.29, 0.717) is 19.4 Å². The molecule has 8 heteroatoms. The van der Waals surface area contributed by atoms with Crippen LogP contribution in [0.1, 0.15) is 47.5 Å².